The van der Waals surface area contributed by atoms with E-state index in [1.807, 2.05) is 0 Å². The first kappa shape index (κ1) is 15.5. The van der Waals surface area contributed by atoms with Gasteiger partial charge in [-0.25, -0.2) is 0 Å². The van der Waals surface area contributed by atoms with Crippen LogP contribution in [0.15, 0.2) is 24.3 Å². The molecule has 0 aromatic heterocycles. The second-order valence-corrected chi connectivity index (χ2v) is 4.95. The summed E-state index contributed by atoms with van der Waals surface area (Å²) in [6.07, 6.45) is 5.96. The molecule has 0 aliphatic rings. The lowest BCUT2D eigenvalue weighted by molar-refractivity contribution is 0.0938. The molecule has 1 rings (SSSR count). The molecule has 0 heterocycles. The maximum absolute atomic E-state index is 12.0. The number of carbonyl (C=O) groups excluding carboxylic acids is 1. The number of anilines is 1. The summed E-state index contributed by atoms with van der Waals surface area (Å²) >= 11 is 0. The third kappa shape index (κ3) is 5.75. The van der Waals surface area contributed by atoms with Crippen LogP contribution >= 0.6 is 0 Å². The van der Waals surface area contributed by atoms with Crippen molar-refractivity contribution >= 4 is 11.6 Å². The molecule has 0 aliphatic heterocycles. The number of hydrogen-bond donors (Lipinski definition) is 3. The Morgan fingerprint density at radius 1 is 1.21 bits per heavy atom. The number of rotatable bonds is 8. The van der Waals surface area contributed by atoms with Gasteiger partial charge in [0.2, 0.25) is 0 Å². The van der Waals surface area contributed by atoms with Gasteiger partial charge < -0.3 is 10.7 Å². The number of carbonyl (C=O) groups is 1. The van der Waals surface area contributed by atoms with Crippen LogP contribution in [0.25, 0.3) is 0 Å². The molecule has 1 unspecified atom stereocenters. The highest BCUT2D eigenvalue weighted by molar-refractivity contribution is 5.94. The van der Waals surface area contributed by atoms with E-state index in [2.05, 4.69) is 24.6 Å². The van der Waals surface area contributed by atoms with Gasteiger partial charge in [-0.1, -0.05) is 32.6 Å². The zero-order valence-electron chi connectivity index (χ0n) is 11.9. The number of unbranched alkanes of at least 4 members (excludes halogenated alkanes) is 3. The van der Waals surface area contributed by atoms with E-state index in [-0.39, 0.29) is 11.9 Å². The molecule has 0 saturated carbocycles. The normalized spacial score (nSPS) is 11.9. The van der Waals surface area contributed by atoms with Crippen molar-refractivity contribution in [3.8, 4) is 0 Å². The number of hydrazine groups is 1. The molecular weight excluding hydrogens is 238 g/mol. The van der Waals surface area contributed by atoms with Crippen molar-refractivity contribution in [1.29, 1.82) is 0 Å². The number of hydrogen-bond acceptors (Lipinski definition) is 3. The molecule has 19 heavy (non-hydrogen) atoms. The smallest absolute Gasteiger partial charge is 0.251 e. The van der Waals surface area contributed by atoms with Gasteiger partial charge >= 0.3 is 0 Å². The van der Waals surface area contributed by atoms with Crippen molar-refractivity contribution in [3.63, 3.8) is 0 Å². The van der Waals surface area contributed by atoms with Crippen molar-refractivity contribution in [3.05, 3.63) is 29.8 Å². The molecule has 1 atom stereocenters. The summed E-state index contributed by atoms with van der Waals surface area (Å²) in [5, 5.41) is 3.02. The average molecular weight is 263 g/mol. The fraction of sp³-hybridized carbons (Fsp3) is 0.533. The maximum Gasteiger partial charge on any atom is 0.251 e. The van der Waals surface area contributed by atoms with Gasteiger partial charge in [0, 0.05) is 17.3 Å². The Bertz CT molecular complexity index is 375. The van der Waals surface area contributed by atoms with E-state index in [0.717, 1.165) is 12.1 Å². The second kappa shape index (κ2) is 8.53. The van der Waals surface area contributed by atoms with E-state index in [0.29, 0.717) is 5.56 Å². The molecule has 0 aliphatic carbocycles. The highest BCUT2D eigenvalue weighted by Gasteiger charge is 2.09. The standard InChI is InChI=1S/C15H25N3O/c1-3-4-5-6-7-12(2)17-15(19)13-8-10-14(18-16)11-9-13/h8-12,18H,3-7,16H2,1-2H3,(H,17,19). The third-order valence-corrected chi connectivity index (χ3v) is 3.18. The van der Waals surface area contributed by atoms with Gasteiger partial charge in [-0.3, -0.25) is 10.6 Å². The zero-order chi connectivity index (χ0) is 14.1. The molecule has 1 amide bonds. The highest BCUT2D eigenvalue weighted by Crippen LogP contribution is 2.09. The second-order valence-electron chi connectivity index (χ2n) is 4.95. The quantitative estimate of drug-likeness (QED) is 0.383. The van der Waals surface area contributed by atoms with E-state index in [9.17, 15) is 4.79 Å². The van der Waals surface area contributed by atoms with Crippen LogP contribution in [-0.4, -0.2) is 11.9 Å². The molecule has 0 bridgehead atoms. The van der Waals surface area contributed by atoms with E-state index < -0.39 is 0 Å². The van der Waals surface area contributed by atoms with E-state index in [1.165, 1.54) is 25.7 Å². The van der Waals surface area contributed by atoms with Crippen LogP contribution in [0.1, 0.15) is 56.3 Å². The van der Waals surface area contributed by atoms with Gasteiger partial charge in [-0.2, -0.15) is 0 Å². The minimum Gasteiger partial charge on any atom is -0.350 e. The lowest BCUT2D eigenvalue weighted by atomic mass is 10.1. The topological polar surface area (TPSA) is 67.2 Å². The van der Waals surface area contributed by atoms with Crippen LogP contribution in [0.4, 0.5) is 5.69 Å². The lowest BCUT2D eigenvalue weighted by Crippen LogP contribution is -2.32. The Kier molecular flexibility index (Phi) is 6.97. The molecule has 1 aromatic rings. The molecule has 0 radical (unpaired) electrons. The van der Waals surface area contributed by atoms with Crippen LogP contribution in [-0.2, 0) is 0 Å². The minimum atomic E-state index is -0.0217. The summed E-state index contributed by atoms with van der Waals surface area (Å²) in [4.78, 5) is 12.0. The van der Waals surface area contributed by atoms with Crippen molar-refractivity contribution in [2.75, 3.05) is 5.43 Å². The summed E-state index contributed by atoms with van der Waals surface area (Å²) in [6.45, 7) is 4.25. The zero-order valence-corrected chi connectivity index (χ0v) is 11.9. The number of nitrogen functional groups attached to an aromatic ring is 1. The number of benzene rings is 1. The highest BCUT2D eigenvalue weighted by atomic mass is 16.1. The number of nitrogens with two attached hydrogens (primary N) is 1. The molecule has 4 heteroatoms. The maximum atomic E-state index is 12.0. The minimum absolute atomic E-state index is 0.0217. The molecule has 4 N–H and O–H groups in total. The van der Waals surface area contributed by atoms with E-state index in [4.69, 9.17) is 5.84 Å². The predicted octanol–water partition coefficient (Wildman–Crippen LogP) is 3.06. The predicted molar refractivity (Wildman–Crippen MR) is 79.9 cm³/mol. The van der Waals surface area contributed by atoms with Crippen LogP contribution in [0.5, 0.6) is 0 Å². The SMILES string of the molecule is CCCCCCC(C)NC(=O)c1ccc(NN)cc1. The first-order valence-corrected chi connectivity index (χ1v) is 7.05. The van der Waals surface area contributed by atoms with Gasteiger partial charge in [-0.05, 0) is 37.6 Å². The third-order valence-electron chi connectivity index (χ3n) is 3.18. The molecule has 106 valence electrons. The van der Waals surface area contributed by atoms with Crippen molar-refractivity contribution < 1.29 is 4.79 Å². The van der Waals surface area contributed by atoms with Gasteiger partial charge in [-0.15, -0.1) is 0 Å². The Morgan fingerprint density at radius 3 is 2.47 bits per heavy atom. The Hall–Kier alpha value is -1.55. The van der Waals surface area contributed by atoms with Crippen LogP contribution in [0.3, 0.4) is 0 Å². The number of amides is 1. The fourth-order valence-corrected chi connectivity index (χ4v) is 1.97. The van der Waals surface area contributed by atoms with Crippen LogP contribution in [0.2, 0.25) is 0 Å². The van der Waals surface area contributed by atoms with Gasteiger partial charge in [0.15, 0.2) is 0 Å². The summed E-state index contributed by atoms with van der Waals surface area (Å²) in [5.41, 5.74) is 4.00. The van der Waals surface area contributed by atoms with E-state index in [1.54, 1.807) is 24.3 Å². The fourth-order valence-electron chi connectivity index (χ4n) is 1.97. The first-order chi connectivity index (χ1) is 9.17. The Balaban J connectivity index is 2.36. The lowest BCUT2D eigenvalue weighted by Gasteiger charge is -2.14. The average Bonchev–Trinajstić information content (AvgIpc) is 2.43. The molecule has 0 saturated heterocycles. The number of nitrogens with one attached hydrogen (secondary N) is 2. The van der Waals surface area contributed by atoms with E-state index >= 15 is 0 Å². The van der Waals surface area contributed by atoms with Crippen molar-refractivity contribution in [2.24, 2.45) is 5.84 Å². The van der Waals surface area contributed by atoms with Crippen LogP contribution in [0, 0.1) is 0 Å². The molecule has 1 aromatic carbocycles. The summed E-state index contributed by atoms with van der Waals surface area (Å²) in [5.74, 6) is 5.26. The Labute approximate surface area is 115 Å². The van der Waals surface area contributed by atoms with Crippen molar-refractivity contribution in [2.45, 2.75) is 52.0 Å². The summed E-state index contributed by atoms with van der Waals surface area (Å²) in [7, 11) is 0. The van der Waals surface area contributed by atoms with Gasteiger partial charge in [0.25, 0.3) is 5.91 Å². The Morgan fingerprint density at radius 2 is 1.89 bits per heavy atom. The van der Waals surface area contributed by atoms with Gasteiger partial charge in [0.05, 0.1) is 0 Å². The largest absolute Gasteiger partial charge is 0.350 e. The molecule has 0 spiro atoms. The van der Waals surface area contributed by atoms with Gasteiger partial charge in [0.1, 0.15) is 0 Å². The van der Waals surface area contributed by atoms with Crippen molar-refractivity contribution in [1.82, 2.24) is 5.32 Å². The molecule has 0 fully saturated rings. The first-order valence-electron chi connectivity index (χ1n) is 7.05. The molecule has 4 nitrogen and oxygen atoms in total. The van der Waals surface area contributed by atoms with Crippen LogP contribution < -0.4 is 16.6 Å². The summed E-state index contributed by atoms with van der Waals surface area (Å²) in [6, 6.07) is 7.35. The monoisotopic (exact) mass is 263 g/mol. The molecular formula is C15H25N3O. The summed E-state index contributed by atoms with van der Waals surface area (Å²) < 4.78 is 0.